The standard InChI is InChI=1S/C22H21F6NO3S/c1-20(2,33(31,32)17-5-3-4-14(11-17)21(23,24)25)16-8-13(9-16)10-19(30)18-7-6-15(12-29-18)22(26,27)28/h3-7,11-13,16H,8-10H2,1-2H3. The quantitative estimate of drug-likeness (QED) is 0.367. The molecule has 33 heavy (non-hydrogen) atoms. The van der Waals surface area contributed by atoms with E-state index < -0.39 is 54.7 Å². The van der Waals surface area contributed by atoms with Crippen molar-refractivity contribution in [2.75, 3.05) is 0 Å². The molecule has 0 radical (unpaired) electrons. The number of sulfone groups is 1. The third-order valence-electron chi connectivity index (χ3n) is 6.23. The van der Waals surface area contributed by atoms with Crippen LogP contribution in [0.5, 0.6) is 0 Å². The van der Waals surface area contributed by atoms with Gasteiger partial charge in [0.2, 0.25) is 0 Å². The summed E-state index contributed by atoms with van der Waals surface area (Å²) in [4.78, 5) is 15.5. The number of hydrogen-bond donors (Lipinski definition) is 0. The number of halogens is 6. The van der Waals surface area contributed by atoms with Gasteiger partial charge in [0.15, 0.2) is 15.6 Å². The Labute approximate surface area is 186 Å². The van der Waals surface area contributed by atoms with Gasteiger partial charge in [-0.05, 0) is 68.9 Å². The topological polar surface area (TPSA) is 64.1 Å². The second kappa shape index (κ2) is 8.41. The molecule has 0 amide bonds. The fourth-order valence-electron chi connectivity index (χ4n) is 3.93. The smallest absolute Gasteiger partial charge is 0.292 e. The summed E-state index contributed by atoms with van der Waals surface area (Å²) in [7, 11) is -4.11. The maximum Gasteiger partial charge on any atom is 0.417 e. The van der Waals surface area contributed by atoms with Gasteiger partial charge in [-0.2, -0.15) is 26.3 Å². The van der Waals surface area contributed by atoms with Crippen molar-refractivity contribution in [3.05, 3.63) is 59.4 Å². The first-order chi connectivity index (χ1) is 15.0. The number of nitrogens with zero attached hydrogens (tertiary/aromatic N) is 1. The minimum Gasteiger partial charge on any atom is -0.292 e. The van der Waals surface area contributed by atoms with E-state index in [1.165, 1.54) is 13.8 Å². The molecule has 4 nitrogen and oxygen atoms in total. The van der Waals surface area contributed by atoms with E-state index in [9.17, 15) is 39.6 Å². The number of carbonyl (C=O) groups excluding carboxylic acids is 1. The van der Waals surface area contributed by atoms with Gasteiger partial charge in [-0.25, -0.2) is 8.42 Å². The molecule has 11 heteroatoms. The van der Waals surface area contributed by atoms with Crippen molar-refractivity contribution in [1.82, 2.24) is 4.98 Å². The Morgan fingerprint density at radius 2 is 1.58 bits per heavy atom. The van der Waals surface area contributed by atoms with Crippen LogP contribution in [0.15, 0.2) is 47.5 Å². The van der Waals surface area contributed by atoms with Gasteiger partial charge in [-0.15, -0.1) is 0 Å². The summed E-state index contributed by atoms with van der Waals surface area (Å²) in [5.41, 5.74) is -2.13. The van der Waals surface area contributed by atoms with Crippen LogP contribution in [0.4, 0.5) is 26.3 Å². The lowest BCUT2D eigenvalue weighted by atomic mass is 9.67. The molecule has 1 aliphatic carbocycles. The molecule has 180 valence electrons. The van der Waals surface area contributed by atoms with Crippen LogP contribution in [0, 0.1) is 11.8 Å². The van der Waals surface area contributed by atoms with Crippen LogP contribution < -0.4 is 0 Å². The lowest BCUT2D eigenvalue weighted by Crippen LogP contribution is -2.46. The van der Waals surface area contributed by atoms with Crippen molar-refractivity contribution in [3.63, 3.8) is 0 Å². The van der Waals surface area contributed by atoms with E-state index in [1.54, 1.807) is 0 Å². The van der Waals surface area contributed by atoms with E-state index in [0.29, 0.717) is 25.1 Å². The summed E-state index contributed by atoms with van der Waals surface area (Å²) in [6, 6.07) is 5.37. The summed E-state index contributed by atoms with van der Waals surface area (Å²) in [6.07, 6.45) is -7.97. The third-order valence-corrected chi connectivity index (χ3v) is 8.83. The Morgan fingerprint density at radius 1 is 0.970 bits per heavy atom. The molecule has 0 bridgehead atoms. The summed E-state index contributed by atoms with van der Waals surface area (Å²) in [5, 5.41) is 0. The Kier molecular flexibility index (Phi) is 6.42. The average Bonchev–Trinajstić information content (AvgIpc) is 2.68. The number of ketones is 1. The predicted molar refractivity (Wildman–Crippen MR) is 107 cm³/mol. The molecule has 1 aromatic carbocycles. The minimum atomic E-state index is -4.68. The van der Waals surface area contributed by atoms with Crippen molar-refractivity contribution in [2.45, 2.75) is 55.1 Å². The predicted octanol–water partition coefficient (Wildman–Crippen LogP) is 5.97. The first kappa shape index (κ1) is 25.2. The van der Waals surface area contributed by atoms with Crippen LogP contribution in [0.25, 0.3) is 0 Å². The largest absolute Gasteiger partial charge is 0.417 e. The number of rotatable bonds is 6. The van der Waals surface area contributed by atoms with Crippen molar-refractivity contribution in [1.29, 1.82) is 0 Å². The second-order valence-electron chi connectivity index (χ2n) is 8.72. The van der Waals surface area contributed by atoms with Gasteiger partial charge in [-0.1, -0.05) is 6.07 Å². The third kappa shape index (κ3) is 5.07. The number of Topliss-reactive ketones (excluding diaryl/α,β-unsaturated/α-hetero) is 1. The zero-order chi connectivity index (χ0) is 24.8. The molecule has 0 spiro atoms. The Hall–Kier alpha value is -2.43. The fourth-order valence-corrected chi connectivity index (χ4v) is 5.70. The zero-order valence-electron chi connectivity index (χ0n) is 17.7. The monoisotopic (exact) mass is 493 g/mol. The fraction of sp³-hybridized carbons (Fsp3) is 0.455. The molecule has 0 saturated heterocycles. The first-order valence-electron chi connectivity index (χ1n) is 10.0. The van der Waals surface area contributed by atoms with Crippen LogP contribution in [0.2, 0.25) is 0 Å². The maximum absolute atomic E-state index is 13.1. The summed E-state index contributed by atoms with van der Waals surface area (Å²) >= 11 is 0. The normalized spacial score (nSPS) is 19.8. The molecule has 1 saturated carbocycles. The molecule has 1 aliphatic rings. The van der Waals surface area contributed by atoms with Gasteiger partial charge in [0.05, 0.1) is 20.8 Å². The van der Waals surface area contributed by atoms with E-state index in [2.05, 4.69) is 4.98 Å². The van der Waals surface area contributed by atoms with Gasteiger partial charge in [0, 0.05) is 12.6 Å². The highest BCUT2D eigenvalue weighted by atomic mass is 32.2. The molecule has 0 atom stereocenters. The highest BCUT2D eigenvalue weighted by Gasteiger charge is 2.49. The lowest BCUT2D eigenvalue weighted by molar-refractivity contribution is -0.138. The number of benzene rings is 1. The van der Waals surface area contributed by atoms with Crippen LogP contribution in [-0.4, -0.2) is 23.9 Å². The van der Waals surface area contributed by atoms with E-state index in [4.69, 9.17) is 0 Å². The average molecular weight is 493 g/mol. The molecular formula is C22H21F6NO3S. The molecule has 0 aliphatic heterocycles. The van der Waals surface area contributed by atoms with Gasteiger partial charge in [0.1, 0.15) is 5.69 Å². The Morgan fingerprint density at radius 3 is 2.09 bits per heavy atom. The van der Waals surface area contributed by atoms with Crippen molar-refractivity contribution in [2.24, 2.45) is 11.8 Å². The molecule has 1 aromatic heterocycles. The van der Waals surface area contributed by atoms with Crippen molar-refractivity contribution in [3.8, 4) is 0 Å². The Bertz CT molecular complexity index is 1130. The maximum atomic E-state index is 13.1. The summed E-state index contributed by atoms with van der Waals surface area (Å²) < 4.78 is 102. The number of aromatic nitrogens is 1. The summed E-state index contributed by atoms with van der Waals surface area (Å²) in [6.45, 7) is 2.89. The number of pyridine rings is 1. The van der Waals surface area contributed by atoms with Crippen LogP contribution >= 0.6 is 0 Å². The van der Waals surface area contributed by atoms with Crippen LogP contribution in [0.3, 0.4) is 0 Å². The molecule has 1 heterocycles. The van der Waals surface area contributed by atoms with E-state index >= 15 is 0 Å². The molecule has 2 aromatic rings. The van der Waals surface area contributed by atoms with E-state index in [0.717, 1.165) is 30.3 Å². The lowest BCUT2D eigenvalue weighted by Gasteiger charge is -2.44. The van der Waals surface area contributed by atoms with E-state index in [-0.39, 0.29) is 18.0 Å². The minimum absolute atomic E-state index is 0.00541. The van der Waals surface area contributed by atoms with Gasteiger partial charge < -0.3 is 0 Å². The zero-order valence-corrected chi connectivity index (χ0v) is 18.5. The number of carbonyl (C=O) groups is 1. The van der Waals surface area contributed by atoms with E-state index in [1.807, 2.05) is 0 Å². The van der Waals surface area contributed by atoms with Gasteiger partial charge in [0.25, 0.3) is 0 Å². The SMILES string of the molecule is CC(C)(C1CC(CC(=O)c2ccc(C(F)(F)F)cn2)C1)S(=O)(=O)c1cccc(C(F)(F)F)c1. The van der Waals surface area contributed by atoms with Gasteiger partial charge >= 0.3 is 12.4 Å². The molecular weight excluding hydrogens is 472 g/mol. The van der Waals surface area contributed by atoms with Gasteiger partial charge in [-0.3, -0.25) is 9.78 Å². The number of alkyl halides is 6. The second-order valence-corrected chi connectivity index (χ2v) is 11.3. The number of hydrogen-bond acceptors (Lipinski definition) is 4. The highest BCUT2D eigenvalue weighted by Crippen LogP contribution is 2.48. The van der Waals surface area contributed by atoms with Crippen molar-refractivity contribution < 1.29 is 39.6 Å². The molecule has 0 N–H and O–H groups in total. The molecule has 3 rings (SSSR count). The first-order valence-corrected chi connectivity index (χ1v) is 11.5. The highest BCUT2D eigenvalue weighted by molar-refractivity contribution is 7.92. The summed E-state index contributed by atoms with van der Waals surface area (Å²) in [5.74, 6) is -1.04. The van der Waals surface area contributed by atoms with Crippen molar-refractivity contribution >= 4 is 15.6 Å². The Balaban J connectivity index is 1.66. The van der Waals surface area contributed by atoms with Crippen LogP contribution in [0.1, 0.15) is 54.7 Å². The molecule has 1 fully saturated rings. The molecule has 0 unspecified atom stereocenters. The van der Waals surface area contributed by atoms with Crippen LogP contribution in [-0.2, 0) is 22.2 Å².